The lowest BCUT2D eigenvalue weighted by Crippen LogP contribution is -2.37. The van der Waals surface area contributed by atoms with E-state index in [0.717, 1.165) is 37.1 Å². The maximum atomic E-state index is 13.4. The molecule has 6 heteroatoms. The first-order chi connectivity index (χ1) is 13.1. The van der Waals surface area contributed by atoms with E-state index in [1.165, 1.54) is 0 Å². The van der Waals surface area contributed by atoms with Crippen LogP contribution in [0.2, 0.25) is 0 Å². The van der Waals surface area contributed by atoms with Crippen LogP contribution >= 0.6 is 0 Å². The number of fused-ring (bicyclic) bond motifs is 1. The lowest BCUT2D eigenvalue weighted by Gasteiger charge is -2.23. The van der Waals surface area contributed by atoms with Crippen LogP contribution in [0.25, 0.3) is 5.69 Å². The van der Waals surface area contributed by atoms with Crippen LogP contribution in [-0.4, -0.2) is 44.8 Å². The summed E-state index contributed by atoms with van der Waals surface area (Å²) in [7, 11) is 0. The van der Waals surface area contributed by atoms with E-state index in [9.17, 15) is 14.7 Å². The minimum absolute atomic E-state index is 0.0648. The molecule has 27 heavy (non-hydrogen) atoms. The molecule has 1 aromatic carbocycles. The number of nitrogens with zero attached hydrogens (tertiary/aromatic N) is 3. The molecule has 2 aromatic rings. The number of carboxylic acids is 1. The summed E-state index contributed by atoms with van der Waals surface area (Å²) in [6.45, 7) is 0.842. The molecule has 0 spiro atoms. The fourth-order valence-corrected chi connectivity index (χ4v) is 4.85. The summed E-state index contributed by atoms with van der Waals surface area (Å²) in [4.78, 5) is 27.1. The molecule has 3 fully saturated rings. The van der Waals surface area contributed by atoms with Gasteiger partial charge in [-0.25, -0.2) is 4.68 Å². The quantitative estimate of drug-likeness (QED) is 0.903. The molecule has 0 unspecified atom stereocenters. The molecule has 2 heterocycles. The molecular weight excluding hydrogens is 342 g/mol. The van der Waals surface area contributed by atoms with Crippen molar-refractivity contribution in [3.05, 3.63) is 47.8 Å². The predicted octanol–water partition coefficient (Wildman–Crippen LogP) is 3.08. The molecule has 2 atom stereocenters. The molecule has 1 aliphatic heterocycles. The Labute approximate surface area is 157 Å². The Kier molecular flexibility index (Phi) is 3.64. The van der Waals surface area contributed by atoms with E-state index in [-0.39, 0.29) is 11.8 Å². The van der Waals surface area contributed by atoms with Gasteiger partial charge in [-0.2, -0.15) is 5.10 Å². The van der Waals surface area contributed by atoms with Gasteiger partial charge >= 0.3 is 5.97 Å². The van der Waals surface area contributed by atoms with Crippen molar-refractivity contribution in [2.45, 2.75) is 38.0 Å². The Morgan fingerprint density at radius 1 is 1.15 bits per heavy atom. The lowest BCUT2D eigenvalue weighted by atomic mass is 9.81. The summed E-state index contributed by atoms with van der Waals surface area (Å²) in [6.07, 6.45) is 4.73. The van der Waals surface area contributed by atoms with Crippen LogP contribution in [0, 0.1) is 11.3 Å². The summed E-state index contributed by atoms with van der Waals surface area (Å²) < 4.78 is 1.73. The number of likely N-dealkylation sites (tertiary alicyclic amines) is 1. The molecule has 5 rings (SSSR count). The summed E-state index contributed by atoms with van der Waals surface area (Å²) in [5, 5.41) is 14.5. The number of aliphatic carboxylic acids is 1. The van der Waals surface area contributed by atoms with Crippen LogP contribution in [0.3, 0.4) is 0 Å². The van der Waals surface area contributed by atoms with Gasteiger partial charge in [-0.15, -0.1) is 0 Å². The van der Waals surface area contributed by atoms with Crippen molar-refractivity contribution < 1.29 is 14.7 Å². The van der Waals surface area contributed by atoms with Gasteiger partial charge in [-0.3, -0.25) is 9.59 Å². The fraction of sp³-hybridized carbons (Fsp3) is 0.476. The number of para-hydroxylation sites is 1. The molecule has 2 aliphatic carbocycles. The topological polar surface area (TPSA) is 75.4 Å². The number of amides is 1. The van der Waals surface area contributed by atoms with Crippen molar-refractivity contribution in [3.8, 4) is 5.69 Å². The third kappa shape index (κ3) is 2.58. The van der Waals surface area contributed by atoms with Crippen LogP contribution in [0.5, 0.6) is 0 Å². The number of benzene rings is 1. The highest BCUT2D eigenvalue weighted by Gasteiger charge is 2.56. The van der Waals surface area contributed by atoms with Gasteiger partial charge < -0.3 is 10.0 Å². The Bertz CT molecular complexity index is 903. The zero-order chi connectivity index (χ0) is 18.6. The maximum Gasteiger partial charge on any atom is 0.311 e. The monoisotopic (exact) mass is 365 g/mol. The molecule has 0 bridgehead atoms. The first-order valence-corrected chi connectivity index (χ1v) is 9.76. The van der Waals surface area contributed by atoms with Gasteiger partial charge in [0.1, 0.15) is 5.69 Å². The standard InChI is InChI=1S/C21H23N3O3/c25-19(23-12-15-5-4-10-21(15,13-23)20(26)27)18-11-17(14-8-9-14)22-24(18)16-6-2-1-3-7-16/h1-3,6-7,11,14-15H,4-5,8-10,12-13H2,(H,26,27)/t15-,21+/m0/s1. The number of hydrogen-bond donors (Lipinski definition) is 1. The van der Waals surface area contributed by atoms with E-state index in [1.807, 2.05) is 36.4 Å². The molecule has 1 saturated heterocycles. The number of carbonyl (C=O) groups is 2. The number of aromatic nitrogens is 2. The molecule has 2 saturated carbocycles. The number of carbonyl (C=O) groups excluding carboxylic acids is 1. The minimum atomic E-state index is -0.757. The Morgan fingerprint density at radius 2 is 1.93 bits per heavy atom. The highest BCUT2D eigenvalue weighted by molar-refractivity contribution is 5.94. The van der Waals surface area contributed by atoms with Crippen molar-refractivity contribution in [1.29, 1.82) is 0 Å². The second kappa shape index (κ2) is 5.94. The fourth-order valence-electron chi connectivity index (χ4n) is 4.85. The third-order valence-electron chi connectivity index (χ3n) is 6.53. The SMILES string of the molecule is O=C(c1cc(C2CC2)nn1-c1ccccc1)N1C[C@@H]2CCC[C@@]2(C(=O)O)C1. The summed E-state index contributed by atoms with van der Waals surface area (Å²) in [5.74, 6) is -0.344. The van der Waals surface area contributed by atoms with Crippen molar-refractivity contribution in [2.24, 2.45) is 11.3 Å². The van der Waals surface area contributed by atoms with Crippen LogP contribution in [0.4, 0.5) is 0 Å². The Morgan fingerprint density at radius 3 is 2.59 bits per heavy atom. The molecule has 3 aliphatic rings. The van der Waals surface area contributed by atoms with Gasteiger partial charge in [0.05, 0.1) is 16.8 Å². The summed E-state index contributed by atoms with van der Waals surface area (Å²) >= 11 is 0. The summed E-state index contributed by atoms with van der Waals surface area (Å²) in [6, 6.07) is 11.6. The molecule has 1 N–H and O–H groups in total. The number of hydrogen-bond acceptors (Lipinski definition) is 3. The van der Waals surface area contributed by atoms with Crippen molar-refractivity contribution >= 4 is 11.9 Å². The average Bonchev–Trinajstić information content (AvgIpc) is 3.14. The largest absolute Gasteiger partial charge is 0.481 e. The van der Waals surface area contributed by atoms with Gasteiger partial charge in [0.2, 0.25) is 0 Å². The molecule has 1 aromatic heterocycles. The normalized spacial score (nSPS) is 27.0. The van der Waals surface area contributed by atoms with E-state index < -0.39 is 11.4 Å². The molecule has 140 valence electrons. The second-order valence-corrected chi connectivity index (χ2v) is 8.21. The van der Waals surface area contributed by atoms with Crippen LogP contribution in [0.15, 0.2) is 36.4 Å². The lowest BCUT2D eigenvalue weighted by molar-refractivity contribution is -0.149. The average molecular weight is 365 g/mol. The van der Waals surface area contributed by atoms with Gasteiger partial charge in [-0.05, 0) is 49.8 Å². The third-order valence-corrected chi connectivity index (χ3v) is 6.53. The van der Waals surface area contributed by atoms with E-state index >= 15 is 0 Å². The summed E-state index contributed by atoms with van der Waals surface area (Å²) in [5.41, 5.74) is 1.62. The van der Waals surface area contributed by atoms with E-state index in [1.54, 1.807) is 9.58 Å². The minimum Gasteiger partial charge on any atom is -0.481 e. The van der Waals surface area contributed by atoms with Gasteiger partial charge in [0.15, 0.2) is 0 Å². The highest BCUT2D eigenvalue weighted by Crippen LogP contribution is 2.49. The van der Waals surface area contributed by atoms with E-state index in [0.29, 0.717) is 31.1 Å². The molecular formula is C21H23N3O3. The zero-order valence-electron chi connectivity index (χ0n) is 15.2. The van der Waals surface area contributed by atoms with Crippen LogP contribution in [0.1, 0.15) is 54.2 Å². The smallest absolute Gasteiger partial charge is 0.311 e. The molecule has 6 nitrogen and oxygen atoms in total. The second-order valence-electron chi connectivity index (χ2n) is 8.21. The van der Waals surface area contributed by atoms with Gasteiger partial charge in [0, 0.05) is 19.0 Å². The van der Waals surface area contributed by atoms with E-state index in [4.69, 9.17) is 5.10 Å². The first-order valence-electron chi connectivity index (χ1n) is 9.76. The Balaban J connectivity index is 1.50. The highest BCUT2D eigenvalue weighted by atomic mass is 16.4. The van der Waals surface area contributed by atoms with Crippen LogP contribution in [-0.2, 0) is 4.79 Å². The van der Waals surface area contributed by atoms with Crippen LogP contribution < -0.4 is 0 Å². The van der Waals surface area contributed by atoms with Gasteiger partial charge in [0.25, 0.3) is 5.91 Å². The van der Waals surface area contributed by atoms with E-state index in [2.05, 4.69) is 0 Å². The molecule has 0 radical (unpaired) electrons. The number of carboxylic acid groups (broad SMARTS) is 1. The maximum absolute atomic E-state index is 13.4. The number of rotatable bonds is 4. The Hall–Kier alpha value is -2.63. The first kappa shape index (κ1) is 16.5. The predicted molar refractivity (Wildman–Crippen MR) is 98.9 cm³/mol. The van der Waals surface area contributed by atoms with Crippen molar-refractivity contribution in [2.75, 3.05) is 13.1 Å². The van der Waals surface area contributed by atoms with Crippen molar-refractivity contribution in [3.63, 3.8) is 0 Å². The van der Waals surface area contributed by atoms with Crippen molar-refractivity contribution in [1.82, 2.24) is 14.7 Å². The molecule has 1 amide bonds. The zero-order valence-corrected chi connectivity index (χ0v) is 15.2. The van der Waals surface area contributed by atoms with Gasteiger partial charge in [-0.1, -0.05) is 24.6 Å².